The number of rotatable bonds is 10. The van der Waals surface area contributed by atoms with Gasteiger partial charge < -0.3 is 19.1 Å². The molecule has 0 bridgehead atoms. The van der Waals surface area contributed by atoms with Gasteiger partial charge in [-0.15, -0.1) is 0 Å². The lowest BCUT2D eigenvalue weighted by Crippen LogP contribution is -2.37. The van der Waals surface area contributed by atoms with Crippen molar-refractivity contribution in [3.05, 3.63) is 41.5 Å². The highest BCUT2D eigenvalue weighted by atomic mass is 16.5. The smallest absolute Gasteiger partial charge is 0.305 e. The number of aliphatic imine (C=N–C) groups is 1. The molecule has 186 valence electrons. The van der Waals surface area contributed by atoms with E-state index in [0.29, 0.717) is 48.6 Å². The normalized spacial score (nSPS) is 15.7. The van der Waals surface area contributed by atoms with Crippen LogP contribution < -0.4 is 19.3 Å². The highest BCUT2D eigenvalue weighted by Crippen LogP contribution is 2.41. The van der Waals surface area contributed by atoms with Crippen molar-refractivity contribution in [3.8, 4) is 11.5 Å². The van der Waals surface area contributed by atoms with Crippen LogP contribution in [-0.4, -0.2) is 58.6 Å². The molecule has 0 saturated heterocycles. The van der Waals surface area contributed by atoms with Crippen LogP contribution in [0.15, 0.2) is 35.3 Å². The summed E-state index contributed by atoms with van der Waals surface area (Å²) >= 11 is 0. The lowest BCUT2D eigenvalue weighted by Gasteiger charge is -2.23. The number of carbonyl (C=O) groups is 2. The molecule has 35 heavy (non-hydrogen) atoms. The SMILES string of the molecule is CCCCOc1cc2c(cc1OC)C(=O)N1c3ccc(N(C)CCCC(=O)OC)cc3C[C@H]1C=N2. The molecule has 4 rings (SSSR count). The molecule has 2 aromatic carbocycles. The Balaban J connectivity index is 1.56. The van der Waals surface area contributed by atoms with Crippen molar-refractivity contribution in [2.24, 2.45) is 4.99 Å². The third-order valence-electron chi connectivity index (χ3n) is 6.50. The first kappa shape index (κ1) is 24.6. The number of anilines is 2. The van der Waals surface area contributed by atoms with Crippen LogP contribution in [0.2, 0.25) is 0 Å². The zero-order valence-corrected chi connectivity index (χ0v) is 20.9. The lowest BCUT2D eigenvalue weighted by molar-refractivity contribution is -0.140. The Labute approximate surface area is 206 Å². The van der Waals surface area contributed by atoms with E-state index >= 15 is 0 Å². The van der Waals surface area contributed by atoms with E-state index in [1.165, 1.54) is 7.11 Å². The van der Waals surface area contributed by atoms with Crippen molar-refractivity contribution in [1.82, 2.24) is 0 Å². The predicted octanol–water partition coefficient (Wildman–Crippen LogP) is 4.55. The van der Waals surface area contributed by atoms with Crippen LogP contribution in [0.5, 0.6) is 11.5 Å². The van der Waals surface area contributed by atoms with Gasteiger partial charge in [-0.05, 0) is 42.7 Å². The number of nitrogens with zero attached hydrogens (tertiary/aromatic N) is 3. The molecule has 2 heterocycles. The fourth-order valence-electron chi connectivity index (χ4n) is 4.50. The number of ether oxygens (including phenoxy) is 3. The molecule has 0 fully saturated rings. The Morgan fingerprint density at radius 1 is 1.17 bits per heavy atom. The van der Waals surface area contributed by atoms with Gasteiger partial charge in [0.15, 0.2) is 11.5 Å². The molecule has 8 heteroatoms. The molecule has 2 aromatic rings. The minimum Gasteiger partial charge on any atom is -0.493 e. The van der Waals surface area contributed by atoms with Gasteiger partial charge in [0.05, 0.1) is 38.1 Å². The van der Waals surface area contributed by atoms with Crippen molar-refractivity contribution < 1.29 is 23.8 Å². The molecule has 0 unspecified atom stereocenters. The van der Waals surface area contributed by atoms with Crippen LogP contribution in [0.25, 0.3) is 0 Å². The van der Waals surface area contributed by atoms with Gasteiger partial charge in [0.25, 0.3) is 5.91 Å². The third kappa shape index (κ3) is 5.11. The Hall–Kier alpha value is -3.55. The predicted molar refractivity (Wildman–Crippen MR) is 137 cm³/mol. The number of fused-ring (bicyclic) bond motifs is 4. The topological polar surface area (TPSA) is 80.7 Å². The zero-order chi connectivity index (χ0) is 24.9. The number of hydrogen-bond donors (Lipinski definition) is 0. The lowest BCUT2D eigenvalue weighted by atomic mass is 10.1. The van der Waals surface area contributed by atoms with Gasteiger partial charge in [0.1, 0.15) is 0 Å². The molecular weight excluding hydrogens is 446 g/mol. The van der Waals surface area contributed by atoms with E-state index in [0.717, 1.165) is 36.3 Å². The Morgan fingerprint density at radius 3 is 2.74 bits per heavy atom. The first-order valence-electron chi connectivity index (χ1n) is 12.1. The quantitative estimate of drug-likeness (QED) is 0.367. The molecule has 2 aliphatic heterocycles. The zero-order valence-electron chi connectivity index (χ0n) is 20.9. The summed E-state index contributed by atoms with van der Waals surface area (Å²) in [5.74, 6) is 0.839. The molecule has 2 aliphatic rings. The molecule has 0 aromatic heterocycles. The molecule has 8 nitrogen and oxygen atoms in total. The van der Waals surface area contributed by atoms with Gasteiger partial charge in [-0.3, -0.25) is 19.5 Å². The van der Waals surface area contributed by atoms with Crippen LogP contribution in [0.4, 0.5) is 17.1 Å². The van der Waals surface area contributed by atoms with Gasteiger partial charge in [0.2, 0.25) is 0 Å². The van der Waals surface area contributed by atoms with Gasteiger partial charge >= 0.3 is 5.97 Å². The second-order valence-electron chi connectivity index (χ2n) is 8.86. The standard InChI is InChI=1S/C27H33N3O5/c1-5-6-12-35-25-16-22-21(15-24(25)33-3)27(32)30-20(17-28-22)14-18-13-19(9-10-23(18)30)29(2)11-7-8-26(31)34-4/h9-10,13,15-17,20H,5-8,11-12,14H2,1-4H3/t20-/m0/s1. The van der Waals surface area contributed by atoms with Crippen LogP contribution in [0, 0.1) is 0 Å². The van der Waals surface area contributed by atoms with E-state index in [4.69, 9.17) is 14.2 Å². The monoisotopic (exact) mass is 479 g/mol. The second-order valence-corrected chi connectivity index (χ2v) is 8.86. The fourth-order valence-corrected chi connectivity index (χ4v) is 4.50. The Bertz CT molecular complexity index is 1130. The number of benzene rings is 2. The summed E-state index contributed by atoms with van der Waals surface area (Å²) in [6.07, 6.45) is 5.62. The largest absolute Gasteiger partial charge is 0.493 e. The van der Waals surface area contributed by atoms with Gasteiger partial charge in [0, 0.05) is 50.1 Å². The number of methoxy groups -OCH3 is 2. The average molecular weight is 480 g/mol. The van der Waals surface area contributed by atoms with Gasteiger partial charge in [-0.1, -0.05) is 13.3 Å². The van der Waals surface area contributed by atoms with E-state index in [9.17, 15) is 9.59 Å². The van der Waals surface area contributed by atoms with Crippen molar-refractivity contribution in [3.63, 3.8) is 0 Å². The summed E-state index contributed by atoms with van der Waals surface area (Å²) in [5.41, 5.74) is 4.14. The molecule has 0 spiro atoms. The van der Waals surface area contributed by atoms with Crippen molar-refractivity contribution in [2.75, 3.05) is 44.2 Å². The van der Waals surface area contributed by atoms with Crippen molar-refractivity contribution in [2.45, 2.75) is 45.1 Å². The van der Waals surface area contributed by atoms with Gasteiger partial charge in [-0.2, -0.15) is 0 Å². The molecule has 1 atom stereocenters. The van der Waals surface area contributed by atoms with E-state index in [1.807, 2.05) is 30.3 Å². The van der Waals surface area contributed by atoms with E-state index in [1.54, 1.807) is 19.2 Å². The maximum atomic E-state index is 13.7. The first-order chi connectivity index (χ1) is 17.0. The summed E-state index contributed by atoms with van der Waals surface area (Å²) in [6, 6.07) is 9.52. The van der Waals surface area contributed by atoms with E-state index < -0.39 is 0 Å². The van der Waals surface area contributed by atoms with Crippen LogP contribution in [0.3, 0.4) is 0 Å². The fraction of sp³-hybridized carbons (Fsp3) is 0.444. The summed E-state index contributed by atoms with van der Waals surface area (Å²) < 4.78 is 16.1. The minimum absolute atomic E-state index is 0.0983. The summed E-state index contributed by atoms with van der Waals surface area (Å²) in [7, 11) is 4.99. The van der Waals surface area contributed by atoms with E-state index in [-0.39, 0.29) is 17.9 Å². The summed E-state index contributed by atoms with van der Waals surface area (Å²) in [6.45, 7) is 3.43. The molecule has 0 saturated carbocycles. The van der Waals surface area contributed by atoms with Crippen molar-refractivity contribution in [1.29, 1.82) is 0 Å². The highest BCUT2D eigenvalue weighted by molar-refractivity contribution is 6.14. The number of unbranched alkanes of at least 4 members (excludes halogenated alkanes) is 1. The molecule has 0 aliphatic carbocycles. The number of esters is 1. The average Bonchev–Trinajstić information content (AvgIpc) is 3.18. The number of amides is 1. The number of hydrogen-bond acceptors (Lipinski definition) is 7. The van der Waals surface area contributed by atoms with Gasteiger partial charge in [-0.25, -0.2) is 0 Å². The van der Waals surface area contributed by atoms with Crippen LogP contribution in [0.1, 0.15) is 48.5 Å². The summed E-state index contributed by atoms with van der Waals surface area (Å²) in [5, 5.41) is 0. The number of carbonyl (C=O) groups excluding carboxylic acids is 2. The maximum absolute atomic E-state index is 13.7. The van der Waals surface area contributed by atoms with Crippen LogP contribution >= 0.6 is 0 Å². The Morgan fingerprint density at radius 2 is 2.00 bits per heavy atom. The van der Waals surface area contributed by atoms with Crippen LogP contribution in [-0.2, 0) is 16.0 Å². The Kier molecular flexibility index (Phi) is 7.58. The maximum Gasteiger partial charge on any atom is 0.305 e. The second kappa shape index (κ2) is 10.8. The van der Waals surface area contributed by atoms with Crippen molar-refractivity contribution >= 4 is 35.2 Å². The highest BCUT2D eigenvalue weighted by Gasteiger charge is 2.37. The molecular formula is C27H33N3O5. The first-order valence-corrected chi connectivity index (χ1v) is 12.1. The molecule has 1 amide bonds. The molecule has 0 radical (unpaired) electrons. The summed E-state index contributed by atoms with van der Waals surface area (Å²) in [4.78, 5) is 33.7. The molecule has 0 N–H and O–H groups in total. The third-order valence-corrected chi connectivity index (χ3v) is 6.50. The minimum atomic E-state index is -0.199. The van der Waals surface area contributed by atoms with E-state index in [2.05, 4.69) is 22.9 Å².